The average molecular weight is 855 g/mol. The minimum Gasteiger partial charge on any atom is -0.477 e. The SMILES string of the molecule is CO[C@@]1(NC(=O)Cc2cccs2)C(=O)N2C(C(=O)O)=C(COC(N)=O)CS[C@@H]21.CO[C@@]1(NC(=O)Cc2cccs2)C(=O)N2C(C(=O)O)=C(COC(N)=O)CS[C@@H]21. The molecule has 0 saturated carbocycles. The van der Waals surface area contributed by atoms with Gasteiger partial charge in [0.2, 0.25) is 11.8 Å². The summed E-state index contributed by atoms with van der Waals surface area (Å²) in [4.78, 5) is 99.2. The lowest BCUT2D eigenvalue weighted by atomic mass is 9.98. The predicted octanol–water partition coefficient (Wildman–Crippen LogP) is 0.197. The molecule has 8 N–H and O–H groups in total. The highest BCUT2D eigenvalue weighted by molar-refractivity contribution is 8.00. The molecule has 56 heavy (non-hydrogen) atoms. The van der Waals surface area contributed by atoms with Gasteiger partial charge in [-0.3, -0.25) is 29.0 Å². The van der Waals surface area contributed by atoms with E-state index < -0.39 is 70.0 Å². The van der Waals surface area contributed by atoms with Gasteiger partial charge in [0.15, 0.2) is 0 Å². The molecule has 0 unspecified atom stereocenters. The van der Waals surface area contributed by atoms with Crippen molar-refractivity contribution in [3.8, 4) is 0 Å². The van der Waals surface area contributed by atoms with Crippen LogP contribution in [0, 0.1) is 0 Å². The molecule has 0 spiro atoms. The number of carboxylic acids is 2. The van der Waals surface area contributed by atoms with Gasteiger partial charge in [-0.05, 0) is 22.9 Å². The van der Waals surface area contributed by atoms with Crippen LogP contribution in [-0.4, -0.2) is 129 Å². The van der Waals surface area contributed by atoms with E-state index in [0.717, 1.165) is 19.6 Å². The summed E-state index contributed by atoms with van der Waals surface area (Å²) in [5.41, 5.74) is 6.41. The highest BCUT2D eigenvalue weighted by Crippen LogP contribution is 2.48. The number of aliphatic carboxylic acids is 2. The third-order valence-corrected chi connectivity index (χ3v) is 13.0. The first-order valence-electron chi connectivity index (χ1n) is 16.0. The molecule has 24 heteroatoms. The Kier molecular flexibility index (Phi) is 13.0. The molecule has 6 heterocycles. The maximum Gasteiger partial charge on any atom is 0.404 e. The number of carboxylic acid groups (broad SMARTS) is 2. The van der Waals surface area contributed by atoms with Crippen LogP contribution < -0.4 is 22.1 Å². The Balaban J connectivity index is 0.000000214. The zero-order chi connectivity index (χ0) is 40.9. The number of nitrogens with one attached hydrogen (secondary N) is 2. The number of amides is 6. The molecule has 4 aliphatic heterocycles. The van der Waals surface area contributed by atoms with Gasteiger partial charge >= 0.3 is 24.1 Å². The number of carbonyl (C=O) groups excluding carboxylic acids is 6. The van der Waals surface area contributed by atoms with Crippen molar-refractivity contribution in [2.45, 2.75) is 35.0 Å². The van der Waals surface area contributed by atoms with Gasteiger partial charge in [0.1, 0.15) is 35.4 Å². The quantitative estimate of drug-likeness (QED) is 0.109. The van der Waals surface area contributed by atoms with Crippen molar-refractivity contribution >= 4 is 94.0 Å². The van der Waals surface area contributed by atoms with Crippen molar-refractivity contribution in [2.24, 2.45) is 11.5 Å². The van der Waals surface area contributed by atoms with Crippen LogP contribution in [0.15, 0.2) is 57.6 Å². The Morgan fingerprint density at radius 3 is 1.39 bits per heavy atom. The standard InChI is InChI=1S/2C16H17N3O7S2/c2*1-25-16(18-10(20)5-9-3-2-4-27-9)13(23)19-11(12(21)22)8(6-26-15(17)24)7-28-14(16)19/h2*2-4,14H,5-7H2,1H3,(H2,17,24)(H,18,20)(H,21,22)/t2*14-,16+/m11/s1. The van der Waals surface area contributed by atoms with Gasteiger partial charge in [0.05, 0.1) is 12.8 Å². The van der Waals surface area contributed by atoms with Crippen LogP contribution in [0.25, 0.3) is 0 Å². The summed E-state index contributed by atoms with van der Waals surface area (Å²) in [6.07, 6.45) is -1.95. The number of nitrogens with two attached hydrogens (primary N) is 2. The minimum atomic E-state index is -1.66. The molecular weight excluding hydrogens is 821 g/mol. The van der Waals surface area contributed by atoms with Gasteiger partial charge < -0.3 is 51.3 Å². The third kappa shape index (κ3) is 8.20. The van der Waals surface area contributed by atoms with E-state index in [9.17, 15) is 48.6 Å². The molecule has 0 aliphatic carbocycles. The van der Waals surface area contributed by atoms with E-state index in [1.807, 2.05) is 22.9 Å². The van der Waals surface area contributed by atoms with Crippen LogP contribution in [0.5, 0.6) is 0 Å². The molecule has 0 aromatic carbocycles. The maximum atomic E-state index is 12.8. The number of nitrogens with zero attached hydrogens (tertiary/aromatic N) is 2. The Morgan fingerprint density at radius 1 is 0.732 bits per heavy atom. The summed E-state index contributed by atoms with van der Waals surface area (Å²) in [5.74, 6) is -4.62. The van der Waals surface area contributed by atoms with E-state index in [1.54, 1.807) is 12.1 Å². The number of ether oxygens (including phenoxy) is 4. The first kappa shape index (κ1) is 42.0. The summed E-state index contributed by atoms with van der Waals surface area (Å²) in [6.45, 7) is -0.684. The lowest BCUT2D eigenvalue weighted by Gasteiger charge is -2.55. The molecule has 4 aliphatic rings. The number of hydrogen-bond acceptors (Lipinski definition) is 16. The molecule has 2 fully saturated rings. The normalized spacial score (nSPS) is 23.7. The lowest BCUT2D eigenvalue weighted by Crippen LogP contribution is -2.80. The topological polar surface area (TPSA) is 297 Å². The van der Waals surface area contributed by atoms with Crippen molar-refractivity contribution in [1.82, 2.24) is 20.4 Å². The molecule has 0 radical (unpaired) electrons. The van der Waals surface area contributed by atoms with E-state index >= 15 is 0 Å². The smallest absolute Gasteiger partial charge is 0.404 e. The first-order chi connectivity index (χ1) is 26.6. The minimum absolute atomic E-state index is 0.0762. The fourth-order valence-corrected chi connectivity index (χ4v) is 10.3. The number of methoxy groups -OCH3 is 2. The first-order valence-corrected chi connectivity index (χ1v) is 19.9. The summed E-state index contributed by atoms with van der Waals surface area (Å²) in [5, 5.41) is 26.5. The number of β-lactam (4-membered cyclic amide) rings is 2. The van der Waals surface area contributed by atoms with Crippen LogP contribution in [-0.2, 0) is 60.6 Å². The number of thiophene rings is 2. The lowest BCUT2D eigenvalue weighted by molar-refractivity contribution is -0.192. The van der Waals surface area contributed by atoms with Crippen LogP contribution >= 0.6 is 46.2 Å². The van der Waals surface area contributed by atoms with Crippen molar-refractivity contribution in [3.63, 3.8) is 0 Å². The van der Waals surface area contributed by atoms with Crippen LogP contribution in [0.2, 0.25) is 0 Å². The average Bonchev–Trinajstić information content (AvgIpc) is 3.88. The largest absolute Gasteiger partial charge is 0.477 e. The van der Waals surface area contributed by atoms with Crippen molar-refractivity contribution in [2.75, 3.05) is 38.9 Å². The molecule has 6 rings (SSSR count). The Labute approximate surface area is 333 Å². The number of hydrogen-bond donors (Lipinski definition) is 6. The summed E-state index contributed by atoms with van der Waals surface area (Å²) < 4.78 is 20.0. The molecule has 0 bridgehead atoms. The molecule has 300 valence electrons. The van der Waals surface area contributed by atoms with E-state index in [4.69, 9.17) is 20.9 Å². The van der Waals surface area contributed by atoms with Crippen LogP contribution in [0.1, 0.15) is 9.75 Å². The molecule has 2 saturated heterocycles. The highest BCUT2D eigenvalue weighted by atomic mass is 32.2. The number of primary amides is 2. The fourth-order valence-electron chi connectivity index (χ4n) is 6.07. The van der Waals surface area contributed by atoms with Gasteiger partial charge in [-0.1, -0.05) is 12.1 Å². The predicted molar refractivity (Wildman–Crippen MR) is 198 cm³/mol. The molecule has 4 atom stereocenters. The summed E-state index contributed by atoms with van der Waals surface area (Å²) in [7, 11) is 2.55. The second-order valence-corrected chi connectivity index (χ2v) is 16.1. The molecule has 6 amide bonds. The number of thioether (sulfide) groups is 2. The van der Waals surface area contributed by atoms with Crippen molar-refractivity contribution in [1.29, 1.82) is 0 Å². The van der Waals surface area contributed by atoms with Crippen molar-refractivity contribution < 1.29 is 67.5 Å². The second kappa shape index (κ2) is 17.3. The number of fused-ring (bicyclic) bond motifs is 2. The fraction of sp³-hybridized carbons (Fsp3) is 0.375. The van der Waals surface area contributed by atoms with E-state index in [2.05, 4.69) is 20.1 Å². The Morgan fingerprint density at radius 2 is 1.11 bits per heavy atom. The van der Waals surface area contributed by atoms with Gasteiger partial charge in [-0.25, -0.2) is 19.2 Å². The number of rotatable bonds is 14. The maximum absolute atomic E-state index is 12.8. The molecule has 20 nitrogen and oxygen atoms in total. The summed E-state index contributed by atoms with van der Waals surface area (Å²) >= 11 is 5.20. The third-order valence-electron chi connectivity index (χ3n) is 8.53. The van der Waals surface area contributed by atoms with Crippen LogP contribution in [0.4, 0.5) is 9.59 Å². The zero-order valence-electron chi connectivity index (χ0n) is 29.3. The summed E-state index contributed by atoms with van der Waals surface area (Å²) in [6, 6.07) is 7.22. The molecule has 2 aromatic rings. The van der Waals surface area contributed by atoms with Crippen molar-refractivity contribution in [3.05, 3.63) is 67.3 Å². The van der Waals surface area contributed by atoms with E-state index in [1.165, 1.54) is 60.4 Å². The van der Waals surface area contributed by atoms with Gasteiger partial charge in [0.25, 0.3) is 23.3 Å². The zero-order valence-corrected chi connectivity index (χ0v) is 32.6. The van der Waals surface area contributed by atoms with Crippen LogP contribution in [0.3, 0.4) is 0 Å². The van der Waals surface area contributed by atoms with E-state index in [0.29, 0.717) is 0 Å². The Hall–Kier alpha value is -5.14. The highest BCUT2D eigenvalue weighted by Gasteiger charge is 2.68. The Bertz CT molecular complexity index is 1850. The molecular formula is C32H34N6O14S4. The van der Waals surface area contributed by atoms with Gasteiger partial charge in [0, 0.05) is 46.6 Å². The van der Waals surface area contributed by atoms with Gasteiger partial charge in [-0.2, -0.15) is 0 Å². The van der Waals surface area contributed by atoms with E-state index in [-0.39, 0.29) is 60.1 Å². The van der Waals surface area contributed by atoms with Gasteiger partial charge in [-0.15, -0.1) is 46.2 Å². The number of carbonyl (C=O) groups is 8. The molecule has 2 aromatic heterocycles. The monoisotopic (exact) mass is 854 g/mol. The second-order valence-electron chi connectivity index (χ2n) is 11.9.